The first kappa shape index (κ1) is 11.9. The standard InChI is InChI=1S/C3H2FN3.C3H3N3.FH/c4-3-1-5-7-6-2-3;1-4-2-6-3-5-1;/h1-2H;1-3H;1H. The molecule has 8 heteroatoms. The average Bonchev–Trinajstić information content (AvgIpc) is 2.22. The molecule has 0 saturated carbocycles. The van der Waals surface area contributed by atoms with Crippen LogP contribution in [0.3, 0.4) is 0 Å². The van der Waals surface area contributed by atoms with Gasteiger partial charge in [-0.25, -0.2) is 19.3 Å². The van der Waals surface area contributed by atoms with E-state index in [1.807, 2.05) is 0 Å². The van der Waals surface area contributed by atoms with E-state index >= 15 is 0 Å². The maximum Gasteiger partial charge on any atom is 0.163 e. The molecule has 0 saturated heterocycles. The van der Waals surface area contributed by atoms with Gasteiger partial charge in [0.25, 0.3) is 0 Å². The van der Waals surface area contributed by atoms with Crippen LogP contribution >= 0.6 is 0 Å². The summed E-state index contributed by atoms with van der Waals surface area (Å²) in [6, 6.07) is 0. The van der Waals surface area contributed by atoms with Crippen molar-refractivity contribution in [2.45, 2.75) is 0 Å². The van der Waals surface area contributed by atoms with Crippen molar-refractivity contribution in [1.82, 2.24) is 30.4 Å². The Labute approximate surface area is 77.6 Å². The fourth-order valence-corrected chi connectivity index (χ4v) is 0.430. The number of halogens is 2. The van der Waals surface area contributed by atoms with Crippen LogP contribution in [0.15, 0.2) is 31.4 Å². The Morgan fingerprint density at radius 3 is 1.50 bits per heavy atom. The molecule has 0 fully saturated rings. The second kappa shape index (κ2) is 7.53. The van der Waals surface area contributed by atoms with Gasteiger partial charge in [-0.3, -0.25) is 4.70 Å². The Hall–Kier alpha value is -2.12. The lowest BCUT2D eigenvalue weighted by Gasteiger charge is -1.75. The predicted molar refractivity (Wildman–Crippen MR) is 42.1 cm³/mol. The van der Waals surface area contributed by atoms with E-state index in [9.17, 15) is 4.39 Å². The third kappa shape index (κ3) is 5.52. The molecule has 0 bridgehead atoms. The maximum absolute atomic E-state index is 11.7. The van der Waals surface area contributed by atoms with Gasteiger partial charge in [-0.05, 0) is 5.21 Å². The van der Waals surface area contributed by atoms with Crippen LogP contribution in [0.1, 0.15) is 0 Å². The number of rotatable bonds is 0. The molecule has 2 rings (SSSR count). The van der Waals surface area contributed by atoms with Gasteiger partial charge in [0.05, 0.1) is 12.4 Å². The van der Waals surface area contributed by atoms with Crippen molar-refractivity contribution in [3.05, 3.63) is 37.2 Å². The number of hydrogen-bond donors (Lipinski definition) is 0. The quantitative estimate of drug-likeness (QED) is 0.597. The zero-order chi connectivity index (χ0) is 9.36. The van der Waals surface area contributed by atoms with Crippen LogP contribution in [0, 0.1) is 5.82 Å². The van der Waals surface area contributed by atoms with E-state index in [0.29, 0.717) is 0 Å². The summed E-state index contributed by atoms with van der Waals surface area (Å²) in [6.45, 7) is 0. The number of hydrogen-bond acceptors (Lipinski definition) is 6. The zero-order valence-corrected chi connectivity index (χ0v) is 6.86. The maximum atomic E-state index is 11.7. The third-order valence-electron chi connectivity index (χ3n) is 0.865. The van der Waals surface area contributed by atoms with Gasteiger partial charge in [0.15, 0.2) is 5.82 Å². The van der Waals surface area contributed by atoms with E-state index in [0.717, 1.165) is 12.4 Å². The van der Waals surface area contributed by atoms with Crippen molar-refractivity contribution in [3.63, 3.8) is 0 Å². The van der Waals surface area contributed by atoms with Crippen LogP contribution in [-0.4, -0.2) is 30.4 Å². The summed E-state index contributed by atoms with van der Waals surface area (Å²) in [5.74, 6) is -0.463. The summed E-state index contributed by atoms with van der Waals surface area (Å²) >= 11 is 0. The lowest BCUT2D eigenvalue weighted by molar-refractivity contribution is 0.597. The highest BCUT2D eigenvalue weighted by Gasteiger charge is 1.81. The molecule has 0 spiro atoms. The minimum atomic E-state index is -0.463. The molecule has 0 amide bonds. The van der Waals surface area contributed by atoms with Gasteiger partial charge in [0, 0.05) is 0 Å². The molecule has 2 aromatic rings. The first-order chi connectivity index (χ1) is 6.39. The Morgan fingerprint density at radius 1 is 0.857 bits per heavy atom. The predicted octanol–water partition coefficient (Wildman–Crippen LogP) is 0.0348. The van der Waals surface area contributed by atoms with E-state index in [-0.39, 0.29) is 4.70 Å². The van der Waals surface area contributed by atoms with Crippen LogP contribution in [0.2, 0.25) is 0 Å². The van der Waals surface area contributed by atoms with Crippen LogP contribution in [0.5, 0.6) is 0 Å². The van der Waals surface area contributed by atoms with Crippen molar-refractivity contribution in [2.24, 2.45) is 0 Å². The molecule has 2 aromatic heterocycles. The van der Waals surface area contributed by atoms with E-state index in [1.165, 1.54) is 19.0 Å². The molecule has 0 aliphatic rings. The van der Waals surface area contributed by atoms with Crippen molar-refractivity contribution in [2.75, 3.05) is 0 Å². The van der Waals surface area contributed by atoms with Gasteiger partial charge < -0.3 is 0 Å². The fourth-order valence-electron chi connectivity index (χ4n) is 0.430. The lowest BCUT2D eigenvalue weighted by atomic mass is 10.7. The van der Waals surface area contributed by atoms with Crippen molar-refractivity contribution in [1.29, 1.82) is 0 Å². The lowest BCUT2D eigenvalue weighted by Crippen LogP contribution is -1.84. The summed E-state index contributed by atoms with van der Waals surface area (Å²) in [6.07, 6.45) is 6.30. The monoisotopic (exact) mass is 200 g/mol. The molecule has 2 heterocycles. The Morgan fingerprint density at radius 2 is 1.29 bits per heavy atom. The molecular weight excluding hydrogens is 194 g/mol. The Balaban J connectivity index is 0.000000227. The first-order valence-corrected chi connectivity index (χ1v) is 3.23. The van der Waals surface area contributed by atoms with E-state index in [2.05, 4.69) is 30.4 Å². The molecular formula is C6H6F2N6. The number of nitrogens with zero attached hydrogens (tertiary/aromatic N) is 6. The van der Waals surface area contributed by atoms with Crippen LogP contribution < -0.4 is 0 Å². The highest BCUT2D eigenvalue weighted by molar-refractivity contribution is 4.76. The highest BCUT2D eigenvalue weighted by Crippen LogP contribution is 1.82. The van der Waals surface area contributed by atoms with Crippen molar-refractivity contribution in [3.8, 4) is 0 Å². The van der Waals surface area contributed by atoms with E-state index in [1.54, 1.807) is 0 Å². The summed E-state index contributed by atoms with van der Waals surface area (Å²) in [4.78, 5) is 10.7. The fraction of sp³-hybridized carbons (Fsp3) is 0. The van der Waals surface area contributed by atoms with E-state index < -0.39 is 5.82 Å². The minimum absolute atomic E-state index is 0. The smallest absolute Gasteiger partial charge is 0.163 e. The summed E-state index contributed by atoms with van der Waals surface area (Å²) in [5.41, 5.74) is 0. The van der Waals surface area contributed by atoms with E-state index in [4.69, 9.17) is 0 Å². The topological polar surface area (TPSA) is 77.3 Å². The van der Waals surface area contributed by atoms with Gasteiger partial charge in [0.2, 0.25) is 0 Å². The molecule has 74 valence electrons. The minimum Gasteiger partial charge on any atom is -0.269 e. The molecule has 0 aliphatic carbocycles. The molecule has 0 atom stereocenters. The second-order valence-corrected chi connectivity index (χ2v) is 1.76. The van der Waals surface area contributed by atoms with Crippen molar-refractivity contribution < 1.29 is 9.09 Å². The molecule has 6 nitrogen and oxygen atoms in total. The van der Waals surface area contributed by atoms with Crippen molar-refractivity contribution >= 4 is 0 Å². The Kier molecular flexibility index (Phi) is 6.39. The number of aromatic nitrogens is 6. The first-order valence-electron chi connectivity index (χ1n) is 3.23. The SMILES string of the molecule is F.Fc1cnnnc1.c1ncncn1. The average molecular weight is 200 g/mol. The molecule has 0 radical (unpaired) electrons. The molecule has 0 N–H and O–H groups in total. The zero-order valence-electron chi connectivity index (χ0n) is 6.86. The van der Waals surface area contributed by atoms with Gasteiger partial charge in [-0.15, -0.1) is 10.2 Å². The third-order valence-corrected chi connectivity index (χ3v) is 0.865. The second-order valence-electron chi connectivity index (χ2n) is 1.76. The molecule has 0 unspecified atom stereocenters. The normalized spacial score (nSPS) is 7.79. The van der Waals surface area contributed by atoms with Crippen LogP contribution in [0.4, 0.5) is 9.09 Å². The van der Waals surface area contributed by atoms with Crippen LogP contribution in [0.25, 0.3) is 0 Å². The molecule has 14 heavy (non-hydrogen) atoms. The highest BCUT2D eigenvalue weighted by atomic mass is 19.1. The Bertz CT molecular complexity index is 291. The summed E-state index contributed by atoms with van der Waals surface area (Å²) in [5, 5.41) is 9.40. The van der Waals surface area contributed by atoms with Gasteiger partial charge in [-0.1, -0.05) is 0 Å². The summed E-state index contributed by atoms with van der Waals surface area (Å²) < 4.78 is 11.7. The van der Waals surface area contributed by atoms with Gasteiger partial charge >= 0.3 is 0 Å². The molecule has 0 aliphatic heterocycles. The van der Waals surface area contributed by atoms with Gasteiger partial charge in [0.1, 0.15) is 19.0 Å². The molecule has 0 aromatic carbocycles. The summed E-state index contributed by atoms with van der Waals surface area (Å²) in [7, 11) is 0. The van der Waals surface area contributed by atoms with Gasteiger partial charge in [-0.2, -0.15) is 0 Å². The largest absolute Gasteiger partial charge is 0.269 e. The van der Waals surface area contributed by atoms with Crippen LogP contribution in [-0.2, 0) is 0 Å².